The molecular weight excluding hydrogens is 374 g/mol. The third kappa shape index (κ3) is 3.86. The number of piperazine rings is 1. The predicted octanol–water partition coefficient (Wildman–Crippen LogP) is 4.14. The van der Waals surface area contributed by atoms with E-state index in [1.807, 2.05) is 12.4 Å². The molecule has 2 aromatic heterocycles. The van der Waals surface area contributed by atoms with E-state index < -0.39 is 0 Å². The zero-order chi connectivity index (χ0) is 20.5. The third-order valence-corrected chi connectivity index (χ3v) is 6.55. The Morgan fingerprint density at radius 2 is 1.80 bits per heavy atom. The Hall–Kier alpha value is -2.67. The summed E-state index contributed by atoms with van der Waals surface area (Å²) in [6.45, 7) is 6.56. The number of benzene rings is 1. The molecule has 2 fully saturated rings. The molecule has 7 nitrogen and oxygen atoms in total. The summed E-state index contributed by atoms with van der Waals surface area (Å²) < 4.78 is 2.11. The molecule has 1 N–H and O–H groups in total. The number of nitrogens with zero attached hydrogens (tertiary/aromatic N) is 6. The summed E-state index contributed by atoms with van der Waals surface area (Å²) in [4.78, 5) is 14.2. The molecule has 1 saturated heterocycles. The van der Waals surface area contributed by atoms with Crippen LogP contribution in [0.3, 0.4) is 0 Å². The lowest BCUT2D eigenvalue weighted by molar-refractivity contribution is 0.312. The van der Waals surface area contributed by atoms with Crippen molar-refractivity contribution in [3.63, 3.8) is 0 Å². The van der Waals surface area contributed by atoms with Crippen molar-refractivity contribution in [2.24, 2.45) is 0 Å². The van der Waals surface area contributed by atoms with Gasteiger partial charge < -0.3 is 15.1 Å². The highest BCUT2D eigenvalue weighted by atomic mass is 15.3. The maximum Gasteiger partial charge on any atom is 0.229 e. The van der Waals surface area contributed by atoms with Crippen LogP contribution in [0, 0.1) is 6.92 Å². The minimum absolute atomic E-state index is 0.462. The zero-order valence-electron chi connectivity index (χ0n) is 18.0. The van der Waals surface area contributed by atoms with Crippen molar-refractivity contribution in [2.75, 3.05) is 43.4 Å². The molecule has 0 radical (unpaired) electrons. The lowest BCUT2D eigenvalue weighted by Crippen LogP contribution is -2.44. The van der Waals surface area contributed by atoms with Crippen molar-refractivity contribution >= 4 is 28.4 Å². The van der Waals surface area contributed by atoms with Gasteiger partial charge in [0.05, 0.1) is 17.6 Å². The maximum absolute atomic E-state index is 4.82. The molecule has 1 aliphatic carbocycles. The second-order valence-corrected chi connectivity index (χ2v) is 8.77. The third-order valence-electron chi connectivity index (χ3n) is 6.55. The number of aromatic nitrogens is 4. The number of fused-ring (bicyclic) bond motifs is 1. The number of rotatable bonds is 4. The minimum atomic E-state index is 0.462. The van der Waals surface area contributed by atoms with Gasteiger partial charge in [0.1, 0.15) is 0 Å². The van der Waals surface area contributed by atoms with Crippen LogP contribution in [0.25, 0.3) is 11.0 Å². The van der Waals surface area contributed by atoms with E-state index in [2.05, 4.69) is 62.1 Å². The minimum Gasteiger partial charge on any atom is -0.369 e. The molecular formula is C23H31N7. The quantitative estimate of drug-likeness (QED) is 0.704. The molecule has 0 bridgehead atoms. The second kappa shape index (κ2) is 8.22. The number of anilines is 3. The number of hydrogen-bond donors (Lipinski definition) is 1. The Bertz CT molecular complexity index is 1010. The van der Waals surface area contributed by atoms with Crippen molar-refractivity contribution in [1.29, 1.82) is 0 Å². The van der Waals surface area contributed by atoms with E-state index in [1.165, 1.54) is 43.4 Å². The van der Waals surface area contributed by atoms with Gasteiger partial charge in [0.25, 0.3) is 0 Å². The summed E-state index contributed by atoms with van der Waals surface area (Å²) in [6.07, 6.45) is 10.0. The van der Waals surface area contributed by atoms with Crippen LogP contribution in [0.2, 0.25) is 0 Å². The smallest absolute Gasteiger partial charge is 0.229 e. The molecule has 7 heteroatoms. The van der Waals surface area contributed by atoms with E-state index in [0.29, 0.717) is 12.0 Å². The van der Waals surface area contributed by atoms with Gasteiger partial charge in [0.2, 0.25) is 5.95 Å². The standard InChI is InChI=1S/C23H31N7/c1-17-14-19(8-9-21(17)29-12-10-28(2)11-13-29)26-23-24-15-18-16-25-30(22(18)27-23)20-6-4-3-5-7-20/h8-9,14-16,20H,3-7,10-13H2,1-2H3,(H,24,26,27). The van der Waals surface area contributed by atoms with Crippen molar-refractivity contribution in [3.8, 4) is 0 Å². The summed E-state index contributed by atoms with van der Waals surface area (Å²) in [5, 5.41) is 9.04. The van der Waals surface area contributed by atoms with Gasteiger partial charge in [-0.3, -0.25) is 0 Å². The highest BCUT2D eigenvalue weighted by molar-refractivity contribution is 5.75. The lowest BCUT2D eigenvalue weighted by Gasteiger charge is -2.35. The van der Waals surface area contributed by atoms with Crippen molar-refractivity contribution in [2.45, 2.75) is 45.1 Å². The number of likely N-dealkylation sites (N-methyl/N-ethyl adjacent to an activating group) is 1. The first kappa shape index (κ1) is 19.3. The highest BCUT2D eigenvalue weighted by Crippen LogP contribution is 2.30. The Morgan fingerprint density at radius 1 is 1.00 bits per heavy atom. The van der Waals surface area contributed by atoms with Crippen LogP contribution < -0.4 is 10.2 Å². The molecule has 1 aliphatic heterocycles. The van der Waals surface area contributed by atoms with Crippen molar-refractivity contribution in [3.05, 3.63) is 36.2 Å². The van der Waals surface area contributed by atoms with Crippen LogP contribution in [0.5, 0.6) is 0 Å². The van der Waals surface area contributed by atoms with Gasteiger partial charge in [0.15, 0.2) is 5.65 Å². The average molecular weight is 406 g/mol. The Balaban J connectivity index is 1.35. The summed E-state index contributed by atoms with van der Waals surface area (Å²) in [5.74, 6) is 0.631. The van der Waals surface area contributed by atoms with Crippen LogP contribution in [-0.2, 0) is 0 Å². The van der Waals surface area contributed by atoms with Gasteiger partial charge in [-0.15, -0.1) is 0 Å². The Morgan fingerprint density at radius 3 is 2.57 bits per heavy atom. The van der Waals surface area contributed by atoms with E-state index in [1.54, 1.807) is 0 Å². The monoisotopic (exact) mass is 405 g/mol. The topological polar surface area (TPSA) is 62.1 Å². The molecule has 3 aromatic rings. The van der Waals surface area contributed by atoms with Gasteiger partial charge >= 0.3 is 0 Å². The summed E-state index contributed by atoms with van der Waals surface area (Å²) in [7, 11) is 2.19. The van der Waals surface area contributed by atoms with Gasteiger partial charge in [-0.25, -0.2) is 9.67 Å². The van der Waals surface area contributed by atoms with Crippen LogP contribution in [0.1, 0.15) is 43.7 Å². The second-order valence-electron chi connectivity index (χ2n) is 8.77. The fourth-order valence-corrected chi connectivity index (χ4v) is 4.75. The van der Waals surface area contributed by atoms with Gasteiger partial charge in [-0.05, 0) is 50.6 Å². The summed E-state index contributed by atoms with van der Waals surface area (Å²) >= 11 is 0. The first-order chi connectivity index (χ1) is 14.7. The van der Waals surface area contributed by atoms with E-state index in [9.17, 15) is 0 Å². The van der Waals surface area contributed by atoms with E-state index >= 15 is 0 Å². The fraction of sp³-hybridized carbons (Fsp3) is 0.522. The summed E-state index contributed by atoms with van der Waals surface area (Å²) in [5.41, 5.74) is 4.55. The van der Waals surface area contributed by atoms with E-state index in [0.717, 1.165) is 42.9 Å². The molecule has 158 valence electrons. The zero-order valence-corrected chi connectivity index (χ0v) is 18.0. The largest absolute Gasteiger partial charge is 0.369 e. The molecule has 3 heterocycles. The average Bonchev–Trinajstić information content (AvgIpc) is 3.19. The number of aryl methyl sites for hydroxylation is 1. The Labute approximate surface area is 178 Å². The van der Waals surface area contributed by atoms with Crippen LogP contribution in [-0.4, -0.2) is 57.9 Å². The molecule has 0 unspecified atom stereocenters. The fourth-order valence-electron chi connectivity index (χ4n) is 4.75. The molecule has 0 spiro atoms. The number of nitrogens with one attached hydrogen (secondary N) is 1. The first-order valence-corrected chi connectivity index (χ1v) is 11.2. The molecule has 0 atom stereocenters. The van der Waals surface area contributed by atoms with Crippen molar-refractivity contribution < 1.29 is 0 Å². The molecule has 0 amide bonds. The summed E-state index contributed by atoms with van der Waals surface area (Å²) in [6, 6.07) is 7.00. The Kier molecular flexibility index (Phi) is 5.29. The van der Waals surface area contributed by atoms with Gasteiger partial charge in [-0.1, -0.05) is 19.3 Å². The normalized spacial score (nSPS) is 18.8. The molecule has 30 heavy (non-hydrogen) atoms. The maximum atomic E-state index is 4.82. The van der Waals surface area contributed by atoms with Crippen LogP contribution >= 0.6 is 0 Å². The SMILES string of the molecule is Cc1cc(Nc2ncc3cnn(C4CCCCC4)c3n2)ccc1N1CCN(C)CC1. The van der Waals surface area contributed by atoms with E-state index in [4.69, 9.17) is 4.98 Å². The van der Waals surface area contributed by atoms with E-state index in [-0.39, 0.29) is 0 Å². The lowest BCUT2D eigenvalue weighted by atomic mass is 9.96. The molecule has 1 aromatic carbocycles. The number of hydrogen-bond acceptors (Lipinski definition) is 6. The van der Waals surface area contributed by atoms with Gasteiger partial charge in [0, 0.05) is 43.8 Å². The molecule has 5 rings (SSSR count). The highest BCUT2D eigenvalue weighted by Gasteiger charge is 2.19. The van der Waals surface area contributed by atoms with Crippen LogP contribution in [0.4, 0.5) is 17.3 Å². The first-order valence-electron chi connectivity index (χ1n) is 11.2. The van der Waals surface area contributed by atoms with Crippen LogP contribution in [0.15, 0.2) is 30.6 Å². The molecule has 1 saturated carbocycles. The van der Waals surface area contributed by atoms with Gasteiger partial charge in [-0.2, -0.15) is 10.1 Å². The molecule has 2 aliphatic rings. The predicted molar refractivity (Wildman–Crippen MR) is 122 cm³/mol. The van der Waals surface area contributed by atoms with Crippen molar-refractivity contribution in [1.82, 2.24) is 24.6 Å².